The molecule has 0 atom stereocenters. The number of nitrogens with zero attached hydrogens (tertiary/aromatic N) is 3. The van der Waals surface area contributed by atoms with E-state index in [-0.39, 0.29) is 28.1 Å². The lowest BCUT2D eigenvalue weighted by molar-refractivity contribution is -0.142. The molecule has 0 radical (unpaired) electrons. The molecule has 3 heterocycles. The Bertz CT molecular complexity index is 1150. The number of carbonyl (C=O) groups is 1. The van der Waals surface area contributed by atoms with Crippen molar-refractivity contribution in [2.75, 3.05) is 6.54 Å². The average molecular weight is 444 g/mol. The zero-order chi connectivity index (χ0) is 22.1. The largest absolute Gasteiger partial charge is 0.463 e. The second kappa shape index (κ2) is 6.83. The number of rotatable bonds is 4. The van der Waals surface area contributed by atoms with Gasteiger partial charge in [-0.1, -0.05) is 0 Å². The van der Waals surface area contributed by atoms with Gasteiger partial charge >= 0.3 is 6.18 Å². The Morgan fingerprint density at radius 2 is 1.88 bits per heavy atom. The molecule has 0 saturated heterocycles. The molecule has 168 valence electrons. The second-order valence-corrected chi connectivity index (χ2v) is 9.90. The van der Waals surface area contributed by atoms with Crippen LogP contribution in [-0.2, 0) is 6.18 Å². The van der Waals surface area contributed by atoms with Gasteiger partial charge in [0.2, 0.25) is 0 Å². The number of aromatic nitrogens is 3. The molecule has 3 aromatic rings. The lowest BCUT2D eigenvalue weighted by Gasteiger charge is -2.56. The molecular weight excluding hydrogens is 421 g/mol. The molecule has 6 nitrogen and oxygen atoms in total. The number of carbonyl (C=O) groups excluding carboxylic acids is 1. The van der Waals surface area contributed by atoms with E-state index in [1.54, 1.807) is 6.07 Å². The summed E-state index contributed by atoms with van der Waals surface area (Å²) >= 11 is 0. The van der Waals surface area contributed by atoms with Crippen molar-refractivity contribution in [3.05, 3.63) is 41.9 Å². The number of hydrogen-bond acceptors (Lipinski definition) is 4. The average Bonchev–Trinajstić information content (AvgIpc) is 3.39. The number of furan rings is 1. The molecule has 0 unspecified atom stereocenters. The maximum Gasteiger partial charge on any atom is 0.433 e. The summed E-state index contributed by atoms with van der Waals surface area (Å²) in [5.41, 5.74) is -0.973. The Morgan fingerprint density at radius 1 is 1.19 bits per heavy atom. The Hall–Kier alpha value is -2.84. The Kier molecular flexibility index (Phi) is 4.23. The number of fused-ring (bicyclic) bond motifs is 1. The molecule has 0 spiro atoms. The lowest BCUT2D eigenvalue weighted by Crippen LogP contribution is -2.51. The van der Waals surface area contributed by atoms with Gasteiger partial charge in [-0.25, -0.2) is 9.50 Å². The van der Waals surface area contributed by atoms with Crippen LogP contribution in [0, 0.1) is 23.2 Å². The van der Waals surface area contributed by atoms with Crippen LogP contribution in [0.25, 0.3) is 17.1 Å². The number of halogens is 3. The van der Waals surface area contributed by atoms with Gasteiger partial charge in [0.1, 0.15) is 11.3 Å². The van der Waals surface area contributed by atoms with Crippen molar-refractivity contribution in [3.8, 4) is 11.5 Å². The summed E-state index contributed by atoms with van der Waals surface area (Å²) < 4.78 is 47.0. The van der Waals surface area contributed by atoms with E-state index < -0.39 is 17.8 Å². The van der Waals surface area contributed by atoms with Crippen LogP contribution < -0.4 is 5.32 Å². The highest BCUT2D eigenvalue weighted by molar-refractivity contribution is 5.99. The number of hydrogen-bond donors (Lipinski definition) is 1. The Balaban J connectivity index is 1.32. The molecule has 32 heavy (non-hydrogen) atoms. The third-order valence-corrected chi connectivity index (χ3v) is 7.57. The highest BCUT2D eigenvalue weighted by Crippen LogP contribution is 2.59. The Morgan fingerprint density at radius 3 is 2.47 bits per heavy atom. The molecule has 4 bridgehead atoms. The number of nitrogens with one attached hydrogen (secondary N) is 1. The van der Waals surface area contributed by atoms with Crippen LogP contribution in [0.1, 0.15) is 54.6 Å². The van der Waals surface area contributed by atoms with E-state index >= 15 is 0 Å². The van der Waals surface area contributed by atoms with Crippen molar-refractivity contribution in [1.29, 1.82) is 0 Å². The van der Waals surface area contributed by atoms with Crippen LogP contribution in [0.4, 0.5) is 13.2 Å². The van der Waals surface area contributed by atoms with Crippen molar-refractivity contribution in [2.45, 2.75) is 44.7 Å². The molecule has 0 aliphatic heterocycles. The molecule has 1 N–H and O–H groups in total. The molecule has 4 fully saturated rings. The van der Waals surface area contributed by atoms with Gasteiger partial charge in [0.05, 0.1) is 12.5 Å². The van der Waals surface area contributed by atoms with Crippen LogP contribution in [-0.4, -0.2) is 27.0 Å². The van der Waals surface area contributed by atoms with Gasteiger partial charge in [-0.15, -0.1) is 0 Å². The van der Waals surface area contributed by atoms with E-state index in [4.69, 9.17) is 4.42 Å². The highest BCUT2D eigenvalue weighted by atomic mass is 19.4. The third-order valence-electron chi connectivity index (χ3n) is 7.57. The van der Waals surface area contributed by atoms with Crippen LogP contribution in [0.5, 0.6) is 0 Å². The zero-order valence-electron chi connectivity index (χ0n) is 17.4. The van der Waals surface area contributed by atoms with Crippen LogP contribution in [0.15, 0.2) is 35.1 Å². The minimum Gasteiger partial charge on any atom is -0.463 e. The van der Waals surface area contributed by atoms with Crippen molar-refractivity contribution in [2.24, 2.45) is 23.2 Å². The molecular formula is C23H23F3N4O2. The highest BCUT2D eigenvalue weighted by Gasteiger charge is 2.50. The quantitative estimate of drug-likeness (QED) is 0.618. The normalized spacial score (nSPS) is 29.0. The molecule has 4 saturated carbocycles. The fourth-order valence-corrected chi connectivity index (χ4v) is 6.75. The zero-order valence-corrected chi connectivity index (χ0v) is 17.4. The van der Waals surface area contributed by atoms with Gasteiger partial charge in [0, 0.05) is 6.54 Å². The first-order valence-corrected chi connectivity index (χ1v) is 11.1. The van der Waals surface area contributed by atoms with Gasteiger partial charge in [0.15, 0.2) is 17.1 Å². The van der Waals surface area contributed by atoms with Gasteiger partial charge in [-0.3, -0.25) is 4.79 Å². The predicted octanol–water partition coefficient (Wildman–Crippen LogP) is 4.95. The first-order chi connectivity index (χ1) is 15.3. The first kappa shape index (κ1) is 19.8. The van der Waals surface area contributed by atoms with Gasteiger partial charge < -0.3 is 9.73 Å². The Labute approximate surface area is 182 Å². The van der Waals surface area contributed by atoms with Crippen LogP contribution >= 0.6 is 0 Å². The molecule has 1 amide bonds. The topological polar surface area (TPSA) is 72.4 Å². The van der Waals surface area contributed by atoms with Crippen molar-refractivity contribution >= 4 is 11.6 Å². The maximum atomic E-state index is 13.7. The van der Waals surface area contributed by atoms with Gasteiger partial charge in [0.25, 0.3) is 5.91 Å². The maximum absolute atomic E-state index is 13.7. The molecule has 9 heteroatoms. The summed E-state index contributed by atoms with van der Waals surface area (Å²) in [7, 11) is 0. The molecule has 7 rings (SSSR count). The number of alkyl halides is 3. The minimum atomic E-state index is -4.67. The fraction of sp³-hybridized carbons (Fsp3) is 0.522. The summed E-state index contributed by atoms with van der Waals surface area (Å²) in [6, 6.07) is 3.99. The van der Waals surface area contributed by atoms with Crippen LogP contribution in [0.2, 0.25) is 0 Å². The van der Waals surface area contributed by atoms with Gasteiger partial charge in [-0.2, -0.15) is 18.3 Å². The fourth-order valence-electron chi connectivity index (χ4n) is 6.75. The van der Waals surface area contributed by atoms with E-state index in [2.05, 4.69) is 15.4 Å². The predicted molar refractivity (Wildman–Crippen MR) is 109 cm³/mol. The second-order valence-electron chi connectivity index (χ2n) is 9.90. The van der Waals surface area contributed by atoms with E-state index in [9.17, 15) is 18.0 Å². The van der Waals surface area contributed by atoms with Crippen LogP contribution in [0.3, 0.4) is 0 Å². The van der Waals surface area contributed by atoms with E-state index in [0.717, 1.165) is 43.1 Å². The van der Waals surface area contributed by atoms with E-state index in [1.165, 1.54) is 37.8 Å². The lowest BCUT2D eigenvalue weighted by atomic mass is 9.49. The number of amides is 1. The molecule has 0 aromatic carbocycles. The summed E-state index contributed by atoms with van der Waals surface area (Å²) in [5.74, 6) is 2.01. The first-order valence-electron chi connectivity index (χ1n) is 11.1. The van der Waals surface area contributed by atoms with Crippen molar-refractivity contribution < 1.29 is 22.4 Å². The smallest absolute Gasteiger partial charge is 0.433 e. The van der Waals surface area contributed by atoms with E-state index in [1.807, 2.05) is 0 Å². The monoisotopic (exact) mass is 444 g/mol. The van der Waals surface area contributed by atoms with Crippen molar-refractivity contribution in [1.82, 2.24) is 19.9 Å². The summed E-state index contributed by atoms with van der Waals surface area (Å²) in [5, 5.41) is 6.86. The summed E-state index contributed by atoms with van der Waals surface area (Å²) in [6.07, 6.45) is 5.18. The van der Waals surface area contributed by atoms with Crippen molar-refractivity contribution in [3.63, 3.8) is 0 Å². The molecule has 3 aromatic heterocycles. The standard InChI is InChI=1S/C23H23F3N4O2/c24-23(25,26)19-7-17(18-2-1-3-32-18)29-20-16(11-28-30(19)20)21(31)27-12-22-8-13-4-14(9-22)6-15(5-13)10-22/h1-3,7,11,13-15H,4-6,8-10,12H2,(H,27,31). The minimum absolute atomic E-state index is 0.00505. The molecule has 4 aliphatic carbocycles. The van der Waals surface area contributed by atoms with E-state index in [0.29, 0.717) is 11.1 Å². The summed E-state index contributed by atoms with van der Waals surface area (Å²) in [4.78, 5) is 17.4. The third kappa shape index (κ3) is 3.20. The van der Waals surface area contributed by atoms with Gasteiger partial charge in [-0.05, 0) is 79.9 Å². The molecule has 4 aliphatic rings. The summed E-state index contributed by atoms with van der Waals surface area (Å²) in [6.45, 7) is 0.552. The SMILES string of the molecule is O=C(NCC12CC3CC(CC(C3)C1)C2)c1cnn2c(C(F)(F)F)cc(-c3ccco3)nc12.